The first kappa shape index (κ1) is 16.2. The van der Waals surface area contributed by atoms with Crippen LogP contribution in [0.5, 0.6) is 0 Å². The normalized spacial score (nSPS) is 23.9. The lowest BCUT2D eigenvalue weighted by molar-refractivity contribution is -0.132. The number of amides is 1. The number of carbonyl (C=O) groups excluding carboxylic acids is 1. The summed E-state index contributed by atoms with van der Waals surface area (Å²) in [5.74, 6) is -0.167. The molecule has 0 aliphatic carbocycles. The van der Waals surface area contributed by atoms with Gasteiger partial charge in [-0.1, -0.05) is 44.0 Å². The molecule has 0 spiro atoms. The lowest BCUT2D eigenvalue weighted by Crippen LogP contribution is -2.37. The van der Waals surface area contributed by atoms with Crippen LogP contribution in [0.25, 0.3) is 0 Å². The third-order valence-electron chi connectivity index (χ3n) is 3.93. The summed E-state index contributed by atoms with van der Waals surface area (Å²) < 4.78 is 25.6. The molecule has 1 saturated heterocycles. The van der Waals surface area contributed by atoms with E-state index in [4.69, 9.17) is 11.6 Å². The zero-order valence-electron chi connectivity index (χ0n) is 12.0. The van der Waals surface area contributed by atoms with E-state index in [0.29, 0.717) is 5.02 Å². The first-order valence-corrected chi connectivity index (χ1v) is 7.42. The second-order valence-corrected chi connectivity index (χ2v) is 5.80. The monoisotopic (exact) mass is 316 g/mol. The predicted octanol–water partition coefficient (Wildman–Crippen LogP) is 3.45. The van der Waals surface area contributed by atoms with E-state index in [1.165, 1.54) is 4.90 Å². The summed E-state index contributed by atoms with van der Waals surface area (Å²) in [7, 11) is 0. The van der Waals surface area contributed by atoms with Gasteiger partial charge in [0.2, 0.25) is 5.91 Å². The van der Waals surface area contributed by atoms with Gasteiger partial charge in [0.1, 0.15) is 6.17 Å². The van der Waals surface area contributed by atoms with E-state index in [2.05, 4.69) is 5.32 Å². The summed E-state index contributed by atoms with van der Waals surface area (Å²) in [6, 6.07) is 6.48. The van der Waals surface area contributed by atoms with Crippen LogP contribution in [0.3, 0.4) is 0 Å². The topological polar surface area (TPSA) is 32.3 Å². The lowest BCUT2D eigenvalue weighted by atomic mass is 9.99. The van der Waals surface area contributed by atoms with E-state index in [0.717, 1.165) is 12.0 Å². The molecule has 116 valence electrons. The maximum absolute atomic E-state index is 12.8. The smallest absolute Gasteiger partial charge is 0.255 e. The molecule has 21 heavy (non-hydrogen) atoms. The van der Waals surface area contributed by atoms with Crippen molar-refractivity contribution >= 4 is 17.5 Å². The number of rotatable bonds is 5. The van der Waals surface area contributed by atoms with Crippen molar-refractivity contribution in [3.8, 4) is 0 Å². The van der Waals surface area contributed by atoms with Gasteiger partial charge in [0.05, 0.1) is 12.6 Å². The Hall–Kier alpha value is -1.20. The van der Waals surface area contributed by atoms with E-state index in [9.17, 15) is 13.6 Å². The first-order chi connectivity index (χ1) is 9.93. The van der Waals surface area contributed by atoms with Gasteiger partial charge in [0, 0.05) is 5.02 Å². The van der Waals surface area contributed by atoms with Gasteiger partial charge in [-0.2, -0.15) is 0 Å². The molecular formula is C15H19ClF2N2O. The Morgan fingerprint density at radius 2 is 1.95 bits per heavy atom. The molecule has 1 fully saturated rings. The number of nitrogens with one attached hydrogen (secondary N) is 1. The van der Waals surface area contributed by atoms with E-state index in [-0.39, 0.29) is 11.8 Å². The second-order valence-electron chi connectivity index (χ2n) is 5.37. The minimum absolute atomic E-state index is 0.0926. The van der Waals surface area contributed by atoms with Crippen LogP contribution in [-0.2, 0) is 4.79 Å². The van der Waals surface area contributed by atoms with Crippen LogP contribution in [0.1, 0.15) is 32.0 Å². The van der Waals surface area contributed by atoms with Gasteiger partial charge in [-0.15, -0.1) is 0 Å². The molecule has 1 aromatic carbocycles. The fourth-order valence-corrected chi connectivity index (χ4v) is 2.67. The highest BCUT2D eigenvalue weighted by atomic mass is 35.5. The molecule has 1 aliphatic rings. The Kier molecular flexibility index (Phi) is 5.17. The maximum Gasteiger partial charge on any atom is 0.255 e. The number of halogens is 3. The van der Waals surface area contributed by atoms with Crippen molar-refractivity contribution < 1.29 is 13.6 Å². The summed E-state index contributed by atoms with van der Waals surface area (Å²) in [6.45, 7) is 3.36. The average molecular weight is 317 g/mol. The quantitative estimate of drug-likeness (QED) is 0.902. The molecule has 0 aromatic heterocycles. The molecule has 0 radical (unpaired) electrons. The van der Waals surface area contributed by atoms with Crippen molar-refractivity contribution in [2.45, 2.75) is 38.9 Å². The summed E-state index contributed by atoms with van der Waals surface area (Å²) in [5.41, 5.74) is 0.763. The summed E-state index contributed by atoms with van der Waals surface area (Å²) in [5, 5.41) is 3.75. The largest absolute Gasteiger partial charge is 0.316 e. The molecule has 0 saturated carbocycles. The second kappa shape index (κ2) is 6.71. The Morgan fingerprint density at radius 3 is 2.48 bits per heavy atom. The number of hydrogen-bond acceptors (Lipinski definition) is 2. The molecule has 6 heteroatoms. The molecule has 3 atom stereocenters. The lowest BCUT2D eigenvalue weighted by Gasteiger charge is -2.24. The Balaban J connectivity index is 2.28. The SMILES string of the molecule is CCC(C)C1NC(c2ccc(Cl)cc2)N(CC(F)F)C1=O. The van der Waals surface area contributed by atoms with Gasteiger partial charge < -0.3 is 4.90 Å². The van der Waals surface area contributed by atoms with E-state index in [1.54, 1.807) is 24.3 Å². The van der Waals surface area contributed by atoms with Crippen molar-refractivity contribution in [2.75, 3.05) is 6.54 Å². The first-order valence-electron chi connectivity index (χ1n) is 7.04. The average Bonchev–Trinajstić information content (AvgIpc) is 2.76. The van der Waals surface area contributed by atoms with Crippen LogP contribution in [0, 0.1) is 5.92 Å². The Morgan fingerprint density at radius 1 is 1.33 bits per heavy atom. The van der Waals surface area contributed by atoms with Crippen LogP contribution < -0.4 is 5.32 Å². The van der Waals surface area contributed by atoms with Crippen molar-refractivity contribution in [1.82, 2.24) is 10.2 Å². The van der Waals surface area contributed by atoms with Crippen LogP contribution in [0.4, 0.5) is 8.78 Å². The van der Waals surface area contributed by atoms with Crippen LogP contribution >= 0.6 is 11.6 Å². The van der Waals surface area contributed by atoms with Crippen LogP contribution in [0.2, 0.25) is 5.02 Å². The van der Waals surface area contributed by atoms with Crippen molar-refractivity contribution in [1.29, 1.82) is 0 Å². The van der Waals surface area contributed by atoms with Crippen LogP contribution in [0.15, 0.2) is 24.3 Å². The van der Waals surface area contributed by atoms with Crippen molar-refractivity contribution in [3.63, 3.8) is 0 Å². The van der Waals surface area contributed by atoms with Crippen molar-refractivity contribution in [3.05, 3.63) is 34.9 Å². The molecule has 1 aromatic rings. The fraction of sp³-hybridized carbons (Fsp3) is 0.533. The third kappa shape index (κ3) is 3.52. The van der Waals surface area contributed by atoms with Gasteiger partial charge in [0.15, 0.2) is 0 Å². The van der Waals surface area contributed by atoms with Crippen LogP contribution in [-0.4, -0.2) is 29.8 Å². The van der Waals surface area contributed by atoms with Gasteiger partial charge in [-0.25, -0.2) is 8.78 Å². The summed E-state index contributed by atoms with van der Waals surface area (Å²) in [6.07, 6.45) is -2.27. The van der Waals surface area contributed by atoms with E-state index < -0.39 is 25.2 Å². The highest BCUT2D eigenvalue weighted by molar-refractivity contribution is 6.30. The molecule has 3 nitrogen and oxygen atoms in total. The van der Waals surface area contributed by atoms with Gasteiger partial charge >= 0.3 is 0 Å². The van der Waals surface area contributed by atoms with Gasteiger partial charge in [-0.3, -0.25) is 10.1 Å². The molecule has 1 heterocycles. The standard InChI is InChI=1S/C15H19ClF2N2O/c1-3-9(2)13-15(21)20(8-12(17)18)14(19-13)10-4-6-11(16)7-5-10/h4-7,9,12-14,19H,3,8H2,1-2H3. The maximum atomic E-state index is 12.8. The van der Waals surface area contributed by atoms with Gasteiger partial charge in [0.25, 0.3) is 6.43 Å². The van der Waals surface area contributed by atoms with E-state index >= 15 is 0 Å². The Bertz CT molecular complexity index is 495. The molecule has 1 N–H and O–H groups in total. The molecule has 1 aliphatic heterocycles. The molecule has 2 rings (SSSR count). The number of hydrogen-bond donors (Lipinski definition) is 1. The van der Waals surface area contributed by atoms with E-state index in [1.807, 2.05) is 13.8 Å². The van der Waals surface area contributed by atoms with Crippen molar-refractivity contribution in [2.24, 2.45) is 5.92 Å². The zero-order valence-corrected chi connectivity index (χ0v) is 12.8. The molecule has 0 bridgehead atoms. The molecule has 1 amide bonds. The summed E-state index contributed by atoms with van der Waals surface area (Å²) in [4.78, 5) is 13.6. The highest BCUT2D eigenvalue weighted by Gasteiger charge is 2.42. The predicted molar refractivity (Wildman–Crippen MR) is 78.3 cm³/mol. The zero-order chi connectivity index (χ0) is 15.6. The highest BCUT2D eigenvalue weighted by Crippen LogP contribution is 2.30. The minimum atomic E-state index is -2.55. The number of carbonyl (C=O) groups is 1. The number of benzene rings is 1. The third-order valence-corrected chi connectivity index (χ3v) is 4.18. The molecular weight excluding hydrogens is 298 g/mol. The molecule has 3 unspecified atom stereocenters. The number of nitrogens with zero attached hydrogens (tertiary/aromatic N) is 1. The number of alkyl halides is 2. The minimum Gasteiger partial charge on any atom is -0.316 e. The van der Waals surface area contributed by atoms with Gasteiger partial charge in [-0.05, 0) is 23.6 Å². The fourth-order valence-electron chi connectivity index (χ4n) is 2.55. The Labute approximate surface area is 128 Å². The summed E-state index contributed by atoms with van der Waals surface area (Å²) >= 11 is 5.85.